The summed E-state index contributed by atoms with van der Waals surface area (Å²) >= 11 is 0. The van der Waals surface area contributed by atoms with Crippen LogP contribution in [0.1, 0.15) is 31.2 Å². The minimum Gasteiger partial charge on any atom is -1.00 e. The molecule has 1 unspecified atom stereocenters. The SMILES string of the molecule is COc1cc(OC)c(C(=O)Pc2ccc(OC(C)C)cc2C)c(OC)c1.[H-].[Li+]. The molecule has 0 spiro atoms. The van der Waals surface area contributed by atoms with Crippen LogP contribution in [0.25, 0.3) is 0 Å². The summed E-state index contributed by atoms with van der Waals surface area (Å²) in [5, 5.41) is 0.964. The molecule has 2 rings (SSSR count). The molecule has 0 bridgehead atoms. The van der Waals surface area contributed by atoms with Gasteiger partial charge in [-0.3, -0.25) is 4.79 Å². The van der Waals surface area contributed by atoms with Crippen LogP contribution in [0.4, 0.5) is 0 Å². The summed E-state index contributed by atoms with van der Waals surface area (Å²) < 4.78 is 21.7. The Balaban J connectivity index is 0.00000364. The second-order valence-corrected chi connectivity index (χ2v) is 7.25. The monoisotopic (exact) mass is 384 g/mol. The second-order valence-electron chi connectivity index (χ2n) is 6.00. The van der Waals surface area contributed by atoms with Crippen LogP contribution in [0.5, 0.6) is 23.0 Å². The number of hydrogen-bond donors (Lipinski definition) is 0. The van der Waals surface area contributed by atoms with Crippen molar-refractivity contribution in [1.82, 2.24) is 0 Å². The average molecular weight is 384 g/mol. The van der Waals surface area contributed by atoms with E-state index in [0.717, 1.165) is 16.6 Å². The molecule has 0 saturated carbocycles. The number of rotatable bonds is 8. The third kappa shape index (κ3) is 5.91. The van der Waals surface area contributed by atoms with Gasteiger partial charge in [0.2, 0.25) is 0 Å². The Hall–Kier alpha value is -1.66. The van der Waals surface area contributed by atoms with E-state index < -0.39 is 0 Å². The van der Waals surface area contributed by atoms with E-state index in [1.807, 2.05) is 39.0 Å². The van der Waals surface area contributed by atoms with Gasteiger partial charge in [-0.2, -0.15) is 0 Å². The summed E-state index contributed by atoms with van der Waals surface area (Å²) in [5.74, 6) is 2.26. The number of carbonyl (C=O) groups is 1. The van der Waals surface area contributed by atoms with E-state index in [2.05, 4.69) is 0 Å². The molecule has 0 saturated heterocycles. The molecule has 142 valence electrons. The van der Waals surface area contributed by atoms with E-state index in [1.165, 1.54) is 14.2 Å². The normalized spacial score (nSPS) is 10.6. The maximum Gasteiger partial charge on any atom is 1.00 e. The van der Waals surface area contributed by atoms with Crippen molar-refractivity contribution in [2.24, 2.45) is 0 Å². The zero-order chi connectivity index (χ0) is 19.3. The summed E-state index contributed by atoms with van der Waals surface area (Å²) in [7, 11) is 4.56. The van der Waals surface area contributed by atoms with Gasteiger partial charge in [-0.25, -0.2) is 0 Å². The second kappa shape index (κ2) is 10.6. The minimum absolute atomic E-state index is 0. The summed E-state index contributed by atoms with van der Waals surface area (Å²) in [6.45, 7) is 5.94. The first kappa shape index (κ1) is 23.4. The van der Waals surface area contributed by atoms with Crippen LogP contribution in [0, 0.1) is 6.92 Å². The molecule has 1 atom stereocenters. The molecule has 0 heterocycles. The van der Waals surface area contributed by atoms with Crippen LogP contribution < -0.4 is 43.1 Å². The molecule has 2 aromatic rings. The average Bonchev–Trinajstić information content (AvgIpc) is 2.62. The van der Waals surface area contributed by atoms with Gasteiger partial charge < -0.3 is 20.4 Å². The molecular weight excluding hydrogens is 358 g/mol. The van der Waals surface area contributed by atoms with Crippen molar-refractivity contribution in [2.75, 3.05) is 21.3 Å². The molecular formula is C20H26LiO5P. The molecule has 0 aliphatic carbocycles. The largest absolute Gasteiger partial charge is 1.00 e. The number of ether oxygens (including phenoxy) is 4. The minimum atomic E-state index is -0.0537. The van der Waals surface area contributed by atoms with Gasteiger partial charge in [0.25, 0.3) is 0 Å². The summed E-state index contributed by atoms with van der Waals surface area (Å²) in [6, 6.07) is 9.16. The topological polar surface area (TPSA) is 54.0 Å². The fourth-order valence-electron chi connectivity index (χ4n) is 2.54. The van der Waals surface area contributed by atoms with Gasteiger partial charge in [0.15, 0.2) is 5.52 Å². The molecule has 0 radical (unpaired) electrons. The van der Waals surface area contributed by atoms with E-state index in [0.29, 0.717) is 22.8 Å². The fraction of sp³-hybridized carbons (Fsp3) is 0.350. The molecule has 2 aromatic carbocycles. The molecule has 0 aromatic heterocycles. The molecule has 0 amide bonds. The molecule has 0 aliphatic heterocycles. The molecule has 0 aliphatic rings. The van der Waals surface area contributed by atoms with E-state index in [1.54, 1.807) is 19.2 Å². The van der Waals surface area contributed by atoms with Crippen LogP contribution >= 0.6 is 8.58 Å². The quantitative estimate of drug-likeness (QED) is 0.504. The standard InChI is InChI=1S/C20H25O5P.Li.H/c1-12(2)25-14-7-8-18(13(3)9-14)26-20(21)19-16(23-5)10-15(22-4)11-17(19)24-6;;/h7-12,26H,1-6H3;;/q;+1;-1. The van der Waals surface area contributed by atoms with E-state index in [9.17, 15) is 4.79 Å². The van der Waals surface area contributed by atoms with E-state index >= 15 is 0 Å². The van der Waals surface area contributed by atoms with E-state index in [-0.39, 0.29) is 40.5 Å². The Bertz CT molecular complexity index is 773. The van der Waals surface area contributed by atoms with Gasteiger partial charge in [0.1, 0.15) is 28.6 Å². The maximum absolute atomic E-state index is 13.0. The summed E-state index contributed by atoms with van der Waals surface area (Å²) in [5.41, 5.74) is 1.39. The number of aryl methyl sites for hydroxylation is 1. The van der Waals surface area contributed by atoms with Crippen molar-refractivity contribution in [2.45, 2.75) is 26.9 Å². The smallest absolute Gasteiger partial charge is 1.00 e. The number of carbonyl (C=O) groups excluding carboxylic acids is 1. The zero-order valence-electron chi connectivity index (χ0n) is 18.0. The Kier molecular flexibility index (Phi) is 9.19. The van der Waals surface area contributed by atoms with Gasteiger partial charge in [-0.1, -0.05) is 6.07 Å². The molecule has 27 heavy (non-hydrogen) atoms. The number of benzene rings is 2. The van der Waals surface area contributed by atoms with Crippen molar-refractivity contribution in [3.05, 3.63) is 41.5 Å². The number of methoxy groups -OCH3 is 3. The first-order valence-electron chi connectivity index (χ1n) is 8.28. The van der Waals surface area contributed by atoms with Crippen molar-refractivity contribution in [3.63, 3.8) is 0 Å². The number of hydrogen-bond acceptors (Lipinski definition) is 5. The first-order chi connectivity index (χ1) is 12.4. The van der Waals surface area contributed by atoms with Gasteiger partial charge >= 0.3 is 18.9 Å². The molecule has 5 nitrogen and oxygen atoms in total. The van der Waals surface area contributed by atoms with Crippen LogP contribution in [0.2, 0.25) is 0 Å². The zero-order valence-corrected chi connectivity index (χ0v) is 18.0. The molecule has 0 fully saturated rings. The van der Waals surface area contributed by atoms with Gasteiger partial charge in [0, 0.05) is 12.1 Å². The Morgan fingerprint density at radius 2 is 1.56 bits per heavy atom. The third-order valence-corrected chi connectivity index (χ3v) is 5.07. The molecule has 7 heteroatoms. The van der Waals surface area contributed by atoms with E-state index in [4.69, 9.17) is 18.9 Å². The molecule has 0 N–H and O–H groups in total. The van der Waals surface area contributed by atoms with Crippen LogP contribution in [-0.2, 0) is 0 Å². The fourth-order valence-corrected chi connectivity index (χ4v) is 3.59. The van der Waals surface area contributed by atoms with Gasteiger partial charge in [0.05, 0.1) is 27.4 Å². The summed E-state index contributed by atoms with van der Waals surface area (Å²) in [6.07, 6.45) is 0.108. The van der Waals surface area contributed by atoms with Crippen LogP contribution in [0.15, 0.2) is 30.3 Å². The van der Waals surface area contributed by atoms with Crippen LogP contribution in [-0.4, -0.2) is 33.0 Å². The maximum atomic E-state index is 13.0. The van der Waals surface area contributed by atoms with Crippen molar-refractivity contribution >= 4 is 19.4 Å². The Morgan fingerprint density at radius 3 is 2.00 bits per heavy atom. The first-order valence-corrected chi connectivity index (χ1v) is 9.28. The Labute approximate surface area is 176 Å². The van der Waals surface area contributed by atoms with Crippen molar-refractivity contribution in [3.8, 4) is 23.0 Å². The van der Waals surface area contributed by atoms with Crippen LogP contribution in [0.3, 0.4) is 0 Å². The summed E-state index contributed by atoms with van der Waals surface area (Å²) in [4.78, 5) is 13.0. The van der Waals surface area contributed by atoms with Gasteiger partial charge in [-0.05, 0) is 52.4 Å². The predicted octanol–water partition coefficient (Wildman–Crippen LogP) is 1.07. The predicted molar refractivity (Wildman–Crippen MR) is 106 cm³/mol. The van der Waals surface area contributed by atoms with Gasteiger partial charge in [-0.15, -0.1) is 0 Å². The third-order valence-electron chi connectivity index (χ3n) is 3.76. The Morgan fingerprint density at radius 1 is 0.963 bits per heavy atom. The van der Waals surface area contributed by atoms with Crippen molar-refractivity contribution in [1.29, 1.82) is 0 Å². The van der Waals surface area contributed by atoms with Crippen molar-refractivity contribution < 1.29 is 44.0 Å².